The van der Waals surface area contributed by atoms with Crippen LogP contribution in [0, 0.1) is 0 Å². The van der Waals surface area contributed by atoms with E-state index in [-0.39, 0.29) is 0 Å². The van der Waals surface area contributed by atoms with Crippen molar-refractivity contribution in [2.45, 2.75) is 43.9 Å². The number of hydrogen-bond donors (Lipinski definition) is 1. The summed E-state index contributed by atoms with van der Waals surface area (Å²) in [5.41, 5.74) is 5.78. The fourth-order valence-electron chi connectivity index (χ4n) is 1.90. The van der Waals surface area contributed by atoms with Crippen molar-refractivity contribution in [3.8, 4) is 0 Å². The molecule has 0 saturated carbocycles. The average Bonchev–Trinajstić information content (AvgIpc) is 2.11. The van der Waals surface area contributed by atoms with Crippen molar-refractivity contribution in [2.75, 3.05) is 0 Å². The third kappa shape index (κ3) is 0.970. The van der Waals surface area contributed by atoms with Gasteiger partial charge in [0.1, 0.15) is 0 Å². The van der Waals surface area contributed by atoms with E-state index in [4.69, 9.17) is 10.5 Å². The van der Waals surface area contributed by atoms with E-state index >= 15 is 0 Å². The molecular weight excluding hydrogens is 114 g/mol. The highest BCUT2D eigenvalue weighted by Gasteiger charge is 2.32. The van der Waals surface area contributed by atoms with Gasteiger partial charge in [0.05, 0.1) is 12.2 Å². The molecule has 0 spiro atoms. The number of ether oxygens (including phenoxy) is 1. The first kappa shape index (κ1) is 5.69. The van der Waals surface area contributed by atoms with E-state index in [0.29, 0.717) is 18.2 Å². The van der Waals surface area contributed by atoms with Crippen molar-refractivity contribution in [1.29, 1.82) is 0 Å². The first-order valence-corrected chi connectivity index (χ1v) is 3.75. The molecule has 2 N–H and O–H groups in total. The number of rotatable bonds is 0. The van der Waals surface area contributed by atoms with Crippen molar-refractivity contribution >= 4 is 0 Å². The van der Waals surface area contributed by atoms with E-state index < -0.39 is 0 Å². The van der Waals surface area contributed by atoms with Gasteiger partial charge in [-0.3, -0.25) is 0 Å². The number of nitrogens with two attached hydrogens (primary N) is 1. The molecule has 2 aliphatic rings. The summed E-state index contributed by atoms with van der Waals surface area (Å²) in [5, 5.41) is 0. The van der Waals surface area contributed by atoms with E-state index in [1.54, 1.807) is 0 Å². The summed E-state index contributed by atoms with van der Waals surface area (Å²) in [6, 6.07) is 0.427. The minimum absolute atomic E-state index is 0.427. The van der Waals surface area contributed by atoms with Crippen molar-refractivity contribution in [1.82, 2.24) is 0 Å². The van der Waals surface area contributed by atoms with E-state index in [0.717, 1.165) is 12.8 Å². The van der Waals surface area contributed by atoms with E-state index in [1.807, 2.05) is 0 Å². The lowest BCUT2D eigenvalue weighted by atomic mass is 10.1. The molecule has 0 aliphatic carbocycles. The Morgan fingerprint density at radius 1 is 1.11 bits per heavy atom. The average molecular weight is 127 g/mol. The predicted molar refractivity (Wildman–Crippen MR) is 35.1 cm³/mol. The van der Waals surface area contributed by atoms with Gasteiger partial charge in [0.25, 0.3) is 0 Å². The van der Waals surface area contributed by atoms with Gasteiger partial charge in [0.15, 0.2) is 0 Å². The molecule has 2 nitrogen and oxygen atoms in total. The zero-order valence-electron chi connectivity index (χ0n) is 5.55. The zero-order chi connectivity index (χ0) is 6.27. The largest absolute Gasteiger partial charge is 0.375 e. The monoisotopic (exact) mass is 127 g/mol. The molecule has 2 aliphatic heterocycles. The Labute approximate surface area is 55.4 Å². The second-order valence-corrected chi connectivity index (χ2v) is 3.19. The smallest absolute Gasteiger partial charge is 0.0594 e. The second-order valence-electron chi connectivity index (χ2n) is 3.19. The Kier molecular flexibility index (Phi) is 1.24. The molecule has 0 aromatic rings. The lowest BCUT2D eigenvalue weighted by Gasteiger charge is -2.24. The summed E-state index contributed by atoms with van der Waals surface area (Å²) >= 11 is 0. The topological polar surface area (TPSA) is 35.2 Å². The summed E-state index contributed by atoms with van der Waals surface area (Å²) in [4.78, 5) is 0. The van der Waals surface area contributed by atoms with Crippen LogP contribution in [-0.2, 0) is 4.74 Å². The maximum absolute atomic E-state index is 5.78. The van der Waals surface area contributed by atoms with Gasteiger partial charge in [-0.1, -0.05) is 0 Å². The number of hydrogen-bond acceptors (Lipinski definition) is 2. The first-order chi connectivity index (χ1) is 4.34. The van der Waals surface area contributed by atoms with E-state index in [2.05, 4.69) is 0 Å². The molecule has 2 unspecified atom stereocenters. The van der Waals surface area contributed by atoms with Crippen LogP contribution in [-0.4, -0.2) is 18.2 Å². The summed E-state index contributed by atoms with van der Waals surface area (Å²) in [6.07, 6.45) is 5.71. The fourth-order valence-corrected chi connectivity index (χ4v) is 1.90. The van der Waals surface area contributed by atoms with Crippen LogP contribution < -0.4 is 5.73 Å². The molecule has 0 radical (unpaired) electrons. The molecule has 0 aromatic carbocycles. The molecule has 0 aromatic heterocycles. The minimum atomic E-state index is 0.427. The predicted octanol–water partition coefficient (Wildman–Crippen LogP) is 0.655. The highest BCUT2D eigenvalue weighted by molar-refractivity contribution is 4.85. The van der Waals surface area contributed by atoms with Gasteiger partial charge >= 0.3 is 0 Å². The zero-order valence-corrected chi connectivity index (χ0v) is 5.55. The van der Waals surface area contributed by atoms with Crippen LogP contribution in [0.1, 0.15) is 25.7 Å². The SMILES string of the molecule is NC1CC2CCC(C1)O2. The molecule has 2 rings (SSSR count). The van der Waals surface area contributed by atoms with Crippen LogP contribution in [0.5, 0.6) is 0 Å². The standard InChI is InChI=1S/C7H13NO/c8-5-3-6-1-2-7(4-5)9-6/h5-7H,1-4,8H2. The van der Waals surface area contributed by atoms with Gasteiger partial charge in [-0.25, -0.2) is 0 Å². The molecule has 0 amide bonds. The third-order valence-corrected chi connectivity index (χ3v) is 2.33. The van der Waals surface area contributed by atoms with Crippen molar-refractivity contribution in [2.24, 2.45) is 5.73 Å². The van der Waals surface area contributed by atoms with Crippen LogP contribution in [0.2, 0.25) is 0 Å². The maximum Gasteiger partial charge on any atom is 0.0594 e. The second kappa shape index (κ2) is 1.96. The molecule has 2 atom stereocenters. The Balaban J connectivity index is 2.03. The van der Waals surface area contributed by atoms with Crippen molar-refractivity contribution in [3.63, 3.8) is 0 Å². The van der Waals surface area contributed by atoms with E-state index in [9.17, 15) is 0 Å². The van der Waals surface area contributed by atoms with Gasteiger partial charge < -0.3 is 10.5 Å². The lowest BCUT2D eigenvalue weighted by Crippen LogP contribution is -2.34. The van der Waals surface area contributed by atoms with Crippen LogP contribution in [0.3, 0.4) is 0 Å². The Morgan fingerprint density at radius 3 is 2.22 bits per heavy atom. The van der Waals surface area contributed by atoms with Gasteiger partial charge in [-0.05, 0) is 25.7 Å². The van der Waals surface area contributed by atoms with Gasteiger partial charge in [0, 0.05) is 6.04 Å². The van der Waals surface area contributed by atoms with Crippen molar-refractivity contribution < 1.29 is 4.74 Å². The molecule has 2 heteroatoms. The number of fused-ring (bicyclic) bond motifs is 2. The Hall–Kier alpha value is -0.0800. The van der Waals surface area contributed by atoms with Gasteiger partial charge in [-0.2, -0.15) is 0 Å². The molecule has 52 valence electrons. The third-order valence-electron chi connectivity index (χ3n) is 2.33. The molecule has 2 saturated heterocycles. The lowest BCUT2D eigenvalue weighted by molar-refractivity contribution is -0.00236. The summed E-state index contributed by atoms with van der Waals surface area (Å²) in [6.45, 7) is 0. The fraction of sp³-hybridized carbons (Fsp3) is 1.00. The van der Waals surface area contributed by atoms with Crippen LogP contribution in [0.25, 0.3) is 0 Å². The Bertz CT molecular complexity index is 103. The summed E-state index contributed by atoms with van der Waals surface area (Å²) in [5.74, 6) is 0. The molecule has 2 bridgehead atoms. The summed E-state index contributed by atoms with van der Waals surface area (Å²) in [7, 11) is 0. The molecular formula is C7H13NO. The van der Waals surface area contributed by atoms with Crippen LogP contribution in [0.4, 0.5) is 0 Å². The van der Waals surface area contributed by atoms with Crippen LogP contribution in [0.15, 0.2) is 0 Å². The quantitative estimate of drug-likeness (QED) is 0.518. The van der Waals surface area contributed by atoms with Gasteiger partial charge in [-0.15, -0.1) is 0 Å². The molecule has 2 heterocycles. The summed E-state index contributed by atoms with van der Waals surface area (Å²) < 4.78 is 5.59. The minimum Gasteiger partial charge on any atom is -0.375 e. The first-order valence-electron chi connectivity index (χ1n) is 3.75. The van der Waals surface area contributed by atoms with Crippen LogP contribution >= 0.6 is 0 Å². The van der Waals surface area contributed by atoms with Gasteiger partial charge in [0.2, 0.25) is 0 Å². The normalized spacial score (nSPS) is 49.7. The molecule has 2 fully saturated rings. The highest BCUT2D eigenvalue weighted by Crippen LogP contribution is 2.31. The van der Waals surface area contributed by atoms with E-state index in [1.165, 1.54) is 12.8 Å². The highest BCUT2D eigenvalue weighted by atomic mass is 16.5. The Morgan fingerprint density at radius 2 is 1.67 bits per heavy atom. The maximum atomic E-state index is 5.78. The molecule has 9 heavy (non-hydrogen) atoms. The van der Waals surface area contributed by atoms with Crippen molar-refractivity contribution in [3.05, 3.63) is 0 Å².